The summed E-state index contributed by atoms with van der Waals surface area (Å²) in [5.41, 5.74) is 0.947. The molecule has 0 N–H and O–H groups in total. The van der Waals surface area contributed by atoms with Crippen LogP contribution in [0.25, 0.3) is 16.8 Å². The van der Waals surface area contributed by atoms with Crippen molar-refractivity contribution in [1.29, 1.82) is 0 Å². The molecule has 0 radical (unpaired) electrons. The standard InChI is InChI=1S/C19H20O3/c1-4-18(20)17(19(21)22-13(2)3)12-15-10-7-9-14-8-5-6-11-16(14)15/h5-13H,4H2,1-3H3. The zero-order valence-electron chi connectivity index (χ0n) is 13.1. The number of fused-ring (bicyclic) bond motifs is 1. The molecule has 0 saturated heterocycles. The molecular weight excluding hydrogens is 276 g/mol. The fourth-order valence-corrected chi connectivity index (χ4v) is 2.25. The van der Waals surface area contributed by atoms with E-state index in [0.29, 0.717) is 0 Å². The van der Waals surface area contributed by atoms with Crippen LogP contribution >= 0.6 is 0 Å². The topological polar surface area (TPSA) is 43.4 Å². The lowest BCUT2D eigenvalue weighted by atomic mass is 10.00. The van der Waals surface area contributed by atoms with Crippen molar-refractivity contribution >= 4 is 28.6 Å². The van der Waals surface area contributed by atoms with E-state index >= 15 is 0 Å². The van der Waals surface area contributed by atoms with Crippen molar-refractivity contribution in [3.8, 4) is 0 Å². The summed E-state index contributed by atoms with van der Waals surface area (Å²) in [6.45, 7) is 5.27. The van der Waals surface area contributed by atoms with E-state index in [-0.39, 0.29) is 23.9 Å². The molecule has 2 rings (SSSR count). The molecule has 0 amide bonds. The van der Waals surface area contributed by atoms with Crippen molar-refractivity contribution in [2.24, 2.45) is 0 Å². The average molecular weight is 296 g/mol. The lowest BCUT2D eigenvalue weighted by Crippen LogP contribution is -2.18. The number of hydrogen-bond acceptors (Lipinski definition) is 3. The molecule has 2 aromatic carbocycles. The molecule has 3 nitrogen and oxygen atoms in total. The molecule has 0 aliphatic carbocycles. The van der Waals surface area contributed by atoms with Crippen LogP contribution in [0.5, 0.6) is 0 Å². The van der Waals surface area contributed by atoms with E-state index in [9.17, 15) is 9.59 Å². The molecule has 0 bridgehead atoms. The molecule has 22 heavy (non-hydrogen) atoms. The molecule has 0 heterocycles. The van der Waals surface area contributed by atoms with E-state index in [0.717, 1.165) is 16.3 Å². The van der Waals surface area contributed by atoms with E-state index in [2.05, 4.69) is 0 Å². The van der Waals surface area contributed by atoms with Gasteiger partial charge in [-0.15, -0.1) is 0 Å². The molecule has 0 aliphatic heterocycles. The first-order valence-electron chi connectivity index (χ1n) is 7.46. The molecule has 2 aromatic rings. The lowest BCUT2D eigenvalue weighted by Gasteiger charge is -2.10. The summed E-state index contributed by atoms with van der Waals surface area (Å²) < 4.78 is 5.19. The zero-order chi connectivity index (χ0) is 16.1. The highest BCUT2D eigenvalue weighted by atomic mass is 16.5. The Kier molecular flexibility index (Phi) is 5.10. The molecule has 0 saturated carbocycles. The van der Waals surface area contributed by atoms with Crippen molar-refractivity contribution < 1.29 is 14.3 Å². The van der Waals surface area contributed by atoms with Crippen molar-refractivity contribution in [3.63, 3.8) is 0 Å². The Morgan fingerprint density at radius 1 is 1.09 bits per heavy atom. The smallest absolute Gasteiger partial charge is 0.342 e. The van der Waals surface area contributed by atoms with Gasteiger partial charge in [-0.05, 0) is 36.3 Å². The largest absolute Gasteiger partial charge is 0.459 e. The Balaban J connectivity index is 2.52. The minimum absolute atomic E-state index is 0.104. The highest BCUT2D eigenvalue weighted by Crippen LogP contribution is 2.22. The summed E-state index contributed by atoms with van der Waals surface area (Å²) in [6, 6.07) is 13.7. The first kappa shape index (κ1) is 16.0. The van der Waals surface area contributed by atoms with Gasteiger partial charge in [-0.1, -0.05) is 49.4 Å². The maximum Gasteiger partial charge on any atom is 0.342 e. The minimum Gasteiger partial charge on any atom is -0.459 e. The molecule has 0 aliphatic rings. The van der Waals surface area contributed by atoms with Crippen LogP contribution in [0.15, 0.2) is 48.0 Å². The molecular formula is C19H20O3. The van der Waals surface area contributed by atoms with Crippen LogP contribution in [0.1, 0.15) is 32.8 Å². The highest BCUT2D eigenvalue weighted by Gasteiger charge is 2.19. The van der Waals surface area contributed by atoms with Gasteiger partial charge >= 0.3 is 5.97 Å². The van der Waals surface area contributed by atoms with Gasteiger partial charge in [0.15, 0.2) is 5.78 Å². The molecule has 0 fully saturated rings. The number of carbonyl (C=O) groups excluding carboxylic acids is 2. The van der Waals surface area contributed by atoms with E-state index in [1.165, 1.54) is 0 Å². The third-order valence-electron chi connectivity index (χ3n) is 3.31. The highest BCUT2D eigenvalue weighted by molar-refractivity contribution is 6.21. The predicted octanol–water partition coefficient (Wildman–Crippen LogP) is 4.15. The Bertz CT molecular complexity index is 721. The van der Waals surface area contributed by atoms with Crippen molar-refractivity contribution in [2.75, 3.05) is 0 Å². The number of ether oxygens (including phenoxy) is 1. The van der Waals surface area contributed by atoms with Crippen LogP contribution in [0, 0.1) is 0 Å². The summed E-state index contributed by atoms with van der Waals surface area (Å²) in [4.78, 5) is 24.3. The van der Waals surface area contributed by atoms with Crippen LogP contribution in [0.3, 0.4) is 0 Å². The van der Waals surface area contributed by atoms with E-state index < -0.39 is 5.97 Å². The second kappa shape index (κ2) is 7.03. The van der Waals surface area contributed by atoms with Gasteiger partial charge in [-0.25, -0.2) is 4.79 Å². The predicted molar refractivity (Wildman–Crippen MR) is 88.5 cm³/mol. The molecule has 3 heteroatoms. The number of carbonyl (C=O) groups is 2. The Hall–Kier alpha value is -2.42. The van der Waals surface area contributed by atoms with Crippen molar-refractivity contribution in [3.05, 3.63) is 53.6 Å². The number of benzene rings is 2. The minimum atomic E-state index is -0.560. The summed E-state index contributed by atoms with van der Waals surface area (Å²) >= 11 is 0. The van der Waals surface area contributed by atoms with Gasteiger partial charge in [0, 0.05) is 6.42 Å². The van der Waals surface area contributed by atoms with Crippen LogP contribution in [-0.2, 0) is 14.3 Å². The van der Waals surface area contributed by atoms with E-state index in [4.69, 9.17) is 4.74 Å². The third kappa shape index (κ3) is 3.61. The maximum absolute atomic E-state index is 12.2. The quantitative estimate of drug-likeness (QED) is 0.360. The zero-order valence-corrected chi connectivity index (χ0v) is 13.1. The summed E-state index contributed by atoms with van der Waals surface area (Å²) in [7, 11) is 0. The van der Waals surface area contributed by atoms with Gasteiger partial charge in [0.05, 0.1) is 6.10 Å². The Morgan fingerprint density at radius 3 is 2.45 bits per heavy atom. The number of rotatable bonds is 5. The number of hydrogen-bond donors (Lipinski definition) is 0. The normalized spacial score (nSPS) is 11.7. The summed E-state index contributed by atoms with van der Waals surface area (Å²) in [5, 5.41) is 2.07. The Morgan fingerprint density at radius 2 is 1.77 bits per heavy atom. The first-order valence-corrected chi connectivity index (χ1v) is 7.46. The monoisotopic (exact) mass is 296 g/mol. The van der Waals surface area contributed by atoms with Gasteiger partial charge < -0.3 is 4.74 Å². The number of esters is 1. The molecule has 114 valence electrons. The second-order valence-corrected chi connectivity index (χ2v) is 5.36. The van der Waals surface area contributed by atoms with Crippen LogP contribution < -0.4 is 0 Å². The fourth-order valence-electron chi connectivity index (χ4n) is 2.25. The van der Waals surface area contributed by atoms with Gasteiger partial charge in [-0.3, -0.25) is 4.79 Å². The average Bonchev–Trinajstić information content (AvgIpc) is 2.51. The number of ketones is 1. The van der Waals surface area contributed by atoms with Crippen LogP contribution in [0.2, 0.25) is 0 Å². The lowest BCUT2D eigenvalue weighted by molar-refractivity contribution is -0.143. The second-order valence-electron chi connectivity index (χ2n) is 5.36. The van der Waals surface area contributed by atoms with E-state index in [1.54, 1.807) is 26.8 Å². The summed E-state index contributed by atoms with van der Waals surface area (Å²) in [6.07, 6.45) is 1.65. The summed E-state index contributed by atoms with van der Waals surface area (Å²) in [5.74, 6) is -0.770. The Labute approximate surface area is 130 Å². The van der Waals surface area contributed by atoms with Crippen LogP contribution in [0.4, 0.5) is 0 Å². The van der Waals surface area contributed by atoms with Gasteiger partial charge in [0.25, 0.3) is 0 Å². The first-order chi connectivity index (χ1) is 10.5. The van der Waals surface area contributed by atoms with Gasteiger partial charge in [-0.2, -0.15) is 0 Å². The van der Waals surface area contributed by atoms with Crippen molar-refractivity contribution in [1.82, 2.24) is 0 Å². The third-order valence-corrected chi connectivity index (χ3v) is 3.31. The molecule has 0 atom stereocenters. The molecule has 0 unspecified atom stereocenters. The van der Waals surface area contributed by atoms with Crippen molar-refractivity contribution in [2.45, 2.75) is 33.3 Å². The van der Waals surface area contributed by atoms with Gasteiger partial charge in [0.1, 0.15) is 5.57 Å². The van der Waals surface area contributed by atoms with Crippen LogP contribution in [-0.4, -0.2) is 17.9 Å². The van der Waals surface area contributed by atoms with Gasteiger partial charge in [0.2, 0.25) is 0 Å². The number of Topliss-reactive ketones (excluding diaryl/α,β-unsaturated/α-hetero) is 1. The molecule has 0 spiro atoms. The SMILES string of the molecule is CCC(=O)C(=Cc1cccc2ccccc12)C(=O)OC(C)C. The molecule has 0 aromatic heterocycles. The maximum atomic E-state index is 12.2. The fraction of sp³-hybridized carbons (Fsp3) is 0.263. The van der Waals surface area contributed by atoms with E-state index in [1.807, 2.05) is 42.5 Å².